The average molecular weight is 289 g/mol. The minimum Gasteiger partial charge on any atom is -0.298 e. The number of nitrogens with one attached hydrogen (secondary N) is 1. The zero-order chi connectivity index (χ0) is 9.97. The van der Waals surface area contributed by atoms with Gasteiger partial charge in [-0.25, -0.2) is 4.98 Å². The van der Waals surface area contributed by atoms with E-state index in [0.717, 1.165) is 3.79 Å². The largest absolute Gasteiger partial charge is 0.298 e. The summed E-state index contributed by atoms with van der Waals surface area (Å²) in [6.07, 6.45) is 1.66. The second kappa shape index (κ2) is 4.20. The Labute approximate surface area is 96.9 Å². The zero-order valence-electron chi connectivity index (χ0n) is 6.86. The monoisotopic (exact) mass is 288 g/mol. The molecule has 0 bridgehead atoms. The first-order valence-electron chi connectivity index (χ1n) is 3.71. The van der Waals surface area contributed by atoms with Crippen LogP contribution in [0.1, 0.15) is 10.4 Å². The van der Waals surface area contributed by atoms with Crippen LogP contribution in [-0.2, 0) is 0 Å². The summed E-state index contributed by atoms with van der Waals surface area (Å²) in [7, 11) is 0. The van der Waals surface area contributed by atoms with E-state index in [9.17, 15) is 4.79 Å². The molecule has 2 aromatic rings. The first-order valence-corrected chi connectivity index (χ1v) is 6.26. The molecule has 2 heterocycles. The lowest BCUT2D eigenvalue weighted by Gasteiger charge is -1.98. The smallest absolute Gasteiger partial charge is 0.259 e. The van der Waals surface area contributed by atoms with Gasteiger partial charge in [-0.05, 0) is 27.4 Å². The van der Waals surface area contributed by atoms with Gasteiger partial charge in [0.05, 0.1) is 9.35 Å². The summed E-state index contributed by atoms with van der Waals surface area (Å²) in [5.74, 6) is -0.131. The van der Waals surface area contributed by atoms with Gasteiger partial charge in [-0.15, -0.1) is 22.7 Å². The number of aromatic nitrogens is 1. The van der Waals surface area contributed by atoms with Gasteiger partial charge < -0.3 is 0 Å². The summed E-state index contributed by atoms with van der Waals surface area (Å²) in [5.41, 5.74) is 0.644. The fourth-order valence-electron chi connectivity index (χ4n) is 0.905. The van der Waals surface area contributed by atoms with E-state index < -0.39 is 0 Å². The first kappa shape index (κ1) is 9.82. The lowest BCUT2D eigenvalue weighted by atomic mass is 10.3. The van der Waals surface area contributed by atoms with E-state index in [-0.39, 0.29) is 5.91 Å². The van der Waals surface area contributed by atoms with Gasteiger partial charge in [-0.2, -0.15) is 0 Å². The maximum atomic E-state index is 11.6. The Hall–Kier alpha value is -0.720. The highest BCUT2D eigenvalue weighted by Crippen LogP contribution is 2.24. The van der Waals surface area contributed by atoms with Crippen molar-refractivity contribution in [3.05, 3.63) is 32.4 Å². The van der Waals surface area contributed by atoms with E-state index in [1.54, 1.807) is 12.3 Å². The van der Waals surface area contributed by atoms with Crippen molar-refractivity contribution in [1.29, 1.82) is 0 Å². The quantitative estimate of drug-likeness (QED) is 0.922. The van der Waals surface area contributed by atoms with Gasteiger partial charge in [0.2, 0.25) is 0 Å². The molecule has 1 amide bonds. The third kappa shape index (κ3) is 2.02. The highest BCUT2D eigenvalue weighted by Gasteiger charge is 2.11. The molecule has 2 aromatic heterocycles. The topological polar surface area (TPSA) is 42.0 Å². The van der Waals surface area contributed by atoms with Gasteiger partial charge in [0, 0.05) is 11.6 Å². The number of amides is 1. The molecular weight excluding hydrogens is 284 g/mol. The second-order valence-electron chi connectivity index (χ2n) is 2.40. The molecule has 14 heavy (non-hydrogen) atoms. The van der Waals surface area contributed by atoms with Crippen molar-refractivity contribution in [3.63, 3.8) is 0 Å². The number of rotatable bonds is 2. The highest BCUT2D eigenvalue weighted by molar-refractivity contribution is 9.11. The molecule has 2 rings (SSSR count). The predicted molar refractivity (Wildman–Crippen MR) is 62.1 cm³/mol. The number of carbonyl (C=O) groups excluding carboxylic acids is 1. The van der Waals surface area contributed by atoms with Gasteiger partial charge >= 0.3 is 0 Å². The third-order valence-electron chi connectivity index (χ3n) is 1.52. The van der Waals surface area contributed by atoms with Gasteiger partial charge in [0.25, 0.3) is 5.91 Å². The standard InChI is InChI=1S/C8H5BrN2OS2/c9-6-5(1-3-13-6)7(12)11-8-10-2-4-14-8/h1-4H,(H,10,11,12). The molecule has 0 aromatic carbocycles. The molecule has 1 N–H and O–H groups in total. The molecule has 0 saturated carbocycles. The Morgan fingerprint density at radius 3 is 2.86 bits per heavy atom. The maximum Gasteiger partial charge on any atom is 0.259 e. The molecule has 0 unspecified atom stereocenters. The molecule has 72 valence electrons. The average Bonchev–Trinajstić information content (AvgIpc) is 2.75. The van der Waals surface area contributed by atoms with Crippen LogP contribution in [-0.4, -0.2) is 10.9 Å². The van der Waals surface area contributed by atoms with Crippen LogP contribution in [0.25, 0.3) is 0 Å². The molecule has 3 nitrogen and oxygen atoms in total. The van der Waals surface area contributed by atoms with Crippen molar-refractivity contribution >= 4 is 49.6 Å². The predicted octanol–water partition coefficient (Wildman–Crippen LogP) is 3.22. The van der Waals surface area contributed by atoms with Gasteiger partial charge in [0.1, 0.15) is 0 Å². The highest BCUT2D eigenvalue weighted by atomic mass is 79.9. The van der Waals surface area contributed by atoms with E-state index in [1.165, 1.54) is 22.7 Å². The van der Waals surface area contributed by atoms with Crippen LogP contribution >= 0.6 is 38.6 Å². The molecule has 0 aliphatic heterocycles. The summed E-state index contributed by atoms with van der Waals surface area (Å²) in [5, 5.41) is 7.01. The van der Waals surface area contributed by atoms with Crippen LogP contribution < -0.4 is 5.32 Å². The van der Waals surface area contributed by atoms with Gasteiger partial charge in [-0.3, -0.25) is 10.1 Å². The minimum atomic E-state index is -0.131. The SMILES string of the molecule is O=C(Nc1nccs1)c1ccsc1Br. The molecule has 0 saturated heterocycles. The zero-order valence-corrected chi connectivity index (χ0v) is 10.1. The second-order valence-corrected chi connectivity index (χ2v) is 5.53. The number of nitrogens with zero attached hydrogens (tertiary/aromatic N) is 1. The van der Waals surface area contributed by atoms with Crippen molar-refractivity contribution in [3.8, 4) is 0 Å². The lowest BCUT2D eigenvalue weighted by molar-refractivity contribution is 0.102. The van der Waals surface area contributed by atoms with Crippen LogP contribution in [0.5, 0.6) is 0 Å². The molecule has 6 heteroatoms. The number of thiazole rings is 1. The maximum absolute atomic E-state index is 11.6. The van der Waals surface area contributed by atoms with Crippen molar-refractivity contribution in [2.45, 2.75) is 0 Å². The van der Waals surface area contributed by atoms with Crippen molar-refractivity contribution in [2.24, 2.45) is 0 Å². The lowest BCUT2D eigenvalue weighted by Crippen LogP contribution is -2.10. The Morgan fingerprint density at radius 1 is 1.43 bits per heavy atom. The number of hydrogen-bond donors (Lipinski definition) is 1. The molecule has 0 atom stereocenters. The summed E-state index contributed by atoms with van der Waals surface area (Å²) in [6.45, 7) is 0. The Balaban J connectivity index is 2.14. The number of thiophene rings is 1. The van der Waals surface area contributed by atoms with Crippen molar-refractivity contribution in [1.82, 2.24) is 4.98 Å². The van der Waals surface area contributed by atoms with Crippen LogP contribution in [0, 0.1) is 0 Å². The molecular formula is C8H5BrN2OS2. The third-order valence-corrected chi connectivity index (χ3v) is 3.89. The molecule has 0 spiro atoms. The van der Waals surface area contributed by atoms with Crippen LogP contribution in [0.3, 0.4) is 0 Å². The summed E-state index contributed by atoms with van der Waals surface area (Å²) in [6, 6.07) is 1.78. The van der Waals surface area contributed by atoms with E-state index >= 15 is 0 Å². The number of halogens is 1. The van der Waals surface area contributed by atoms with Crippen LogP contribution in [0.4, 0.5) is 5.13 Å². The summed E-state index contributed by atoms with van der Waals surface area (Å²) in [4.78, 5) is 15.6. The molecule has 0 aliphatic rings. The number of anilines is 1. The fraction of sp³-hybridized carbons (Fsp3) is 0. The van der Waals surface area contributed by atoms with E-state index in [1.807, 2.05) is 10.8 Å². The van der Waals surface area contributed by atoms with Crippen molar-refractivity contribution in [2.75, 3.05) is 5.32 Å². The Morgan fingerprint density at radius 2 is 2.29 bits per heavy atom. The van der Waals surface area contributed by atoms with Crippen LogP contribution in [0.2, 0.25) is 0 Å². The fourth-order valence-corrected chi connectivity index (χ4v) is 2.68. The summed E-state index contributed by atoms with van der Waals surface area (Å²) < 4.78 is 0.839. The Kier molecular flexibility index (Phi) is 2.95. The number of carbonyl (C=O) groups is 1. The van der Waals surface area contributed by atoms with E-state index in [4.69, 9.17) is 0 Å². The molecule has 0 radical (unpaired) electrons. The summed E-state index contributed by atoms with van der Waals surface area (Å²) >= 11 is 6.20. The first-order chi connectivity index (χ1) is 6.77. The van der Waals surface area contributed by atoms with Gasteiger partial charge in [-0.1, -0.05) is 0 Å². The minimum absolute atomic E-state index is 0.131. The normalized spacial score (nSPS) is 10.1. The van der Waals surface area contributed by atoms with E-state index in [0.29, 0.717) is 10.7 Å². The number of hydrogen-bond acceptors (Lipinski definition) is 4. The van der Waals surface area contributed by atoms with Gasteiger partial charge in [0.15, 0.2) is 5.13 Å². The van der Waals surface area contributed by atoms with Crippen LogP contribution in [0.15, 0.2) is 26.8 Å². The van der Waals surface area contributed by atoms with Crippen molar-refractivity contribution < 1.29 is 4.79 Å². The molecule has 0 fully saturated rings. The van der Waals surface area contributed by atoms with E-state index in [2.05, 4.69) is 26.2 Å². The Bertz CT molecular complexity index is 438. The molecule has 0 aliphatic carbocycles.